The van der Waals surface area contributed by atoms with Crippen molar-refractivity contribution < 1.29 is 4.79 Å². The number of halogens is 1. The molecule has 1 aliphatic rings. The lowest BCUT2D eigenvalue weighted by atomic mass is 9.93. The van der Waals surface area contributed by atoms with Crippen LogP contribution < -0.4 is 5.73 Å². The third-order valence-corrected chi connectivity index (χ3v) is 6.52. The van der Waals surface area contributed by atoms with Crippen LogP contribution in [0.1, 0.15) is 24.1 Å². The number of hydrogen-bond acceptors (Lipinski definition) is 4. The smallest absolute Gasteiger partial charge is 0.217 e. The molecule has 0 unspecified atom stereocenters. The molecule has 0 aliphatic carbocycles. The molecule has 1 saturated heterocycles. The van der Waals surface area contributed by atoms with Crippen LogP contribution in [0.3, 0.4) is 0 Å². The molecule has 1 fully saturated rings. The van der Waals surface area contributed by atoms with Crippen molar-refractivity contribution in [1.82, 2.24) is 14.3 Å². The van der Waals surface area contributed by atoms with Gasteiger partial charge in [-0.25, -0.2) is 4.98 Å². The van der Waals surface area contributed by atoms with Crippen LogP contribution >= 0.6 is 27.3 Å². The Hall–Kier alpha value is -1.70. The number of aromatic nitrogens is 2. The molecule has 0 atom stereocenters. The van der Waals surface area contributed by atoms with Gasteiger partial charge in [-0.1, -0.05) is 0 Å². The van der Waals surface area contributed by atoms with E-state index in [0.717, 1.165) is 48.3 Å². The highest BCUT2D eigenvalue weighted by molar-refractivity contribution is 9.10. The number of pyridine rings is 1. The van der Waals surface area contributed by atoms with Gasteiger partial charge in [-0.2, -0.15) is 0 Å². The number of nitrogens with zero attached hydrogens (tertiary/aromatic N) is 3. The number of rotatable bonds is 5. The highest BCUT2D eigenvalue weighted by Crippen LogP contribution is 2.31. The van der Waals surface area contributed by atoms with Gasteiger partial charge >= 0.3 is 0 Å². The Morgan fingerprint density at radius 3 is 2.85 bits per heavy atom. The predicted octanol–water partition coefficient (Wildman–Crippen LogP) is 3.91. The second-order valence-corrected chi connectivity index (χ2v) is 8.96. The monoisotopic (exact) mass is 432 g/mol. The van der Waals surface area contributed by atoms with E-state index in [1.807, 2.05) is 29.7 Å². The average Bonchev–Trinajstić information content (AvgIpc) is 3.22. The standard InChI is InChI=1S/C19H21BrN4OS/c20-14-1-4-19-22-10-16(24(19)11-14)17-3-2-15(26-17)12-23-7-5-13(6-8-23)9-18(21)25/h1-4,10-11,13H,5-9,12H2,(H2,21,25). The molecule has 5 nitrogen and oxygen atoms in total. The van der Waals surface area contributed by atoms with Crippen molar-refractivity contribution in [2.75, 3.05) is 13.1 Å². The third kappa shape index (κ3) is 3.84. The molecule has 136 valence electrons. The van der Waals surface area contributed by atoms with Gasteiger partial charge in [-0.15, -0.1) is 11.3 Å². The van der Waals surface area contributed by atoms with Crippen LogP contribution in [-0.2, 0) is 11.3 Å². The number of carbonyl (C=O) groups is 1. The Bertz CT molecular complexity index is 927. The molecule has 0 radical (unpaired) electrons. The van der Waals surface area contributed by atoms with Crippen molar-refractivity contribution in [2.45, 2.75) is 25.8 Å². The van der Waals surface area contributed by atoms with E-state index in [2.05, 4.69) is 48.5 Å². The molecule has 0 saturated carbocycles. The summed E-state index contributed by atoms with van der Waals surface area (Å²) in [6.07, 6.45) is 6.64. The van der Waals surface area contributed by atoms with Crippen LogP contribution in [0.15, 0.2) is 41.1 Å². The molecule has 1 amide bonds. The first-order valence-corrected chi connectivity index (χ1v) is 10.4. The summed E-state index contributed by atoms with van der Waals surface area (Å²) in [6.45, 7) is 3.04. The zero-order chi connectivity index (χ0) is 18.1. The number of primary amides is 1. The summed E-state index contributed by atoms with van der Waals surface area (Å²) in [5, 5.41) is 0. The first-order valence-electron chi connectivity index (χ1n) is 8.81. The summed E-state index contributed by atoms with van der Waals surface area (Å²) in [5.74, 6) is 0.283. The minimum Gasteiger partial charge on any atom is -0.370 e. The molecule has 2 N–H and O–H groups in total. The lowest BCUT2D eigenvalue weighted by molar-refractivity contribution is -0.119. The number of fused-ring (bicyclic) bond motifs is 1. The SMILES string of the molecule is NC(=O)CC1CCN(Cc2ccc(-c3cnc4ccc(Br)cn34)s2)CC1. The zero-order valence-electron chi connectivity index (χ0n) is 14.4. The van der Waals surface area contributed by atoms with Crippen molar-refractivity contribution in [3.63, 3.8) is 0 Å². The van der Waals surface area contributed by atoms with E-state index < -0.39 is 0 Å². The van der Waals surface area contributed by atoms with Gasteiger partial charge in [0.2, 0.25) is 5.91 Å². The maximum atomic E-state index is 11.1. The Kier molecular flexibility index (Phi) is 5.11. The molecule has 0 spiro atoms. The zero-order valence-corrected chi connectivity index (χ0v) is 16.8. The summed E-state index contributed by atoms with van der Waals surface area (Å²) in [7, 11) is 0. The third-order valence-electron chi connectivity index (χ3n) is 4.96. The maximum absolute atomic E-state index is 11.1. The molecule has 7 heteroatoms. The van der Waals surface area contributed by atoms with E-state index in [1.54, 1.807) is 0 Å². The van der Waals surface area contributed by atoms with Crippen molar-refractivity contribution in [3.8, 4) is 10.6 Å². The summed E-state index contributed by atoms with van der Waals surface area (Å²) in [5.41, 5.74) is 7.39. The number of piperidine rings is 1. The van der Waals surface area contributed by atoms with E-state index in [0.29, 0.717) is 12.3 Å². The molecule has 4 heterocycles. The van der Waals surface area contributed by atoms with Gasteiger partial charge in [0.1, 0.15) is 5.65 Å². The Morgan fingerprint density at radius 1 is 1.27 bits per heavy atom. The van der Waals surface area contributed by atoms with Crippen molar-refractivity contribution in [2.24, 2.45) is 11.7 Å². The van der Waals surface area contributed by atoms with Gasteiger partial charge in [0.25, 0.3) is 0 Å². The van der Waals surface area contributed by atoms with E-state index in [-0.39, 0.29) is 5.91 Å². The van der Waals surface area contributed by atoms with E-state index in [4.69, 9.17) is 5.73 Å². The van der Waals surface area contributed by atoms with E-state index >= 15 is 0 Å². The Labute approximate surface area is 165 Å². The lowest BCUT2D eigenvalue weighted by Crippen LogP contribution is -2.34. The van der Waals surface area contributed by atoms with Gasteiger partial charge < -0.3 is 5.73 Å². The fourth-order valence-electron chi connectivity index (χ4n) is 3.59. The topological polar surface area (TPSA) is 63.6 Å². The van der Waals surface area contributed by atoms with Crippen LogP contribution in [0.4, 0.5) is 0 Å². The van der Waals surface area contributed by atoms with E-state index in [1.165, 1.54) is 9.75 Å². The number of carbonyl (C=O) groups excluding carboxylic acids is 1. The number of imidazole rings is 1. The van der Waals surface area contributed by atoms with Crippen molar-refractivity contribution >= 4 is 38.8 Å². The minimum atomic E-state index is -0.175. The highest BCUT2D eigenvalue weighted by Gasteiger charge is 2.21. The summed E-state index contributed by atoms with van der Waals surface area (Å²) in [6, 6.07) is 8.42. The van der Waals surface area contributed by atoms with Gasteiger partial charge in [-0.05, 0) is 72.0 Å². The van der Waals surface area contributed by atoms with Crippen LogP contribution in [0, 0.1) is 5.92 Å². The van der Waals surface area contributed by atoms with Gasteiger partial charge in [0.05, 0.1) is 16.8 Å². The second kappa shape index (κ2) is 7.50. The molecule has 1 aliphatic heterocycles. The molecule has 3 aromatic rings. The quantitative estimate of drug-likeness (QED) is 0.664. The first-order chi connectivity index (χ1) is 12.6. The lowest BCUT2D eigenvalue weighted by Gasteiger charge is -2.31. The second-order valence-electron chi connectivity index (χ2n) is 6.87. The normalized spacial score (nSPS) is 16.3. The molecular formula is C19H21BrN4OS. The van der Waals surface area contributed by atoms with Gasteiger partial charge in [0, 0.05) is 28.5 Å². The number of nitrogens with two attached hydrogens (primary N) is 1. The molecule has 0 aromatic carbocycles. The Balaban J connectivity index is 1.44. The predicted molar refractivity (Wildman–Crippen MR) is 108 cm³/mol. The van der Waals surface area contributed by atoms with Crippen molar-refractivity contribution in [1.29, 1.82) is 0 Å². The average molecular weight is 433 g/mol. The largest absolute Gasteiger partial charge is 0.370 e. The minimum absolute atomic E-state index is 0.175. The first kappa shape index (κ1) is 17.7. The molecule has 26 heavy (non-hydrogen) atoms. The van der Waals surface area contributed by atoms with Gasteiger partial charge in [0.15, 0.2) is 0 Å². The molecule has 4 rings (SSSR count). The van der Waals surface area contributed by atoms with Crippen LogP contribution in [0.25, 0.3) is 16.2 Å². The van der Waals surface area contributed by atoms with Crippen molar-refractivity contribution in [3.05, 3.63) is 46.0 Å². The highest BCUT2D eigenvalue weighted by atomic mass is 79.9. The van der Waals surface area contributed by atoms with Crippen LogP contribution in [0.2, 0.25) is 0 Å². The number of amides is 1. The molecule has 0 bridgehead atoms. The van der Waals surface area contributed by atoms with Gasteiger partial charge in [-0.3, -0.25) is 14.1 Å². The molecular weight excluding hydrogens is 412 g/mol. The summed E-state index contributed by atoms with van der Waals surface area (Å²) in [4.78, 5) is 20.6. The number of likely N-dealkylation sites (tertiary alicyclic amines) is 1. The number of hydrogen-bond donors (Lipinski definition) is 1. The van der Waals surface area contributed by atoms with E-state index in [9.17, 15) is 4.79 Å². The summed E-state index contributed by atoms with van der Waals surface area (Å²) >= 11 is 5.36. The van der Waals surface area contributed by atoms with Crippen LogP contribution in [-0.4, -0.2) is 33.3 Å². The fourth-order valence-corrected chi connectivity index (χ4v) is 4.99. The fraction of sp³-hybridized carbons (Fsp3) is 0.368. The maximum Gasteiger partial charge on any atom is 0.217 e. The number of thiophene rings is 1. The van der Waals surface area contributed by atoms with Crippen LogP contribution in [0.5, 0.6) is 0 Å². The Morgan fingerprint density at radius 2 is 2.08 bits per heavy atom. The summed E-state index contributed by atoms with van der Waals surface area (Å²) < 4.78 is 3.16. The molecule has 3 aromatic heterocycles.